The van der Waals surface area contributed by atoms with Crippen molar-refractivity contribution in [2.24, 2.45) is 0 Å². The molecular weight excluding hydrogens is 441 g/mol. The average Bonchev–Trinajstić information content (AvgIpc) is 2.84. The molecule has 0 amide bonds. The van der Waals surface area contributed by atoms with Crippen LogP contribution in [0.5, 0.6) is 11.5 Å². The Bertz CT molecular complexity index is 1370. The Labute approximate surface area is 193 Å². The Morgan fingerprint density at radius 3 is 2.28 bits per heavy atom. The maximum Gasteiger partial charge on any atom is 0.882 e. The van der Waals surface area contributed by atoms with Crippen LogP contribution in [0.3, 0.4) is 0 Å². The van der Waals surface area contributed by atoms with Crippen LogP contribution in [0.2, 0.25) is 0 Å². The minimum absolute atomic E-state index is 0.268. The first-order valence-corrected chi connectivity index (χ1v) is 12.9. The molecule has 1 saturated heterocycles. The second-order valence-corrected chi connectivity index (χ2v) is 10.2. The molecule has 1 aliphatic heterocycles. The van der Waals surface area contributed by atoms with E-state index in [9.17, 15) is 8.42 Å². The molecule has 1 fully saturated rings. The largest absolute Gasteiger partial charge is 0.882 e. The van der Waals surface area contributed by atoms with Gasteiger partial charge in [-0.25, -0.2) is 8.42 Å². The van der Waals surface area contributed by atoms with Gasteiger partial charge < -0.3 is 7.58 Å². The molecule has 4 aromatic rings. The molecule has 0 atom stereocenters. The summed E-state index contributed by atoms with van der Waals surface area (Å²) < 4.78 is 40.0. The molecule has 5 rings (SSSR count). The molecule has 0 bridgehead atoms. The summed E-state index contributed by atoms with van der Waals surface area (Å²) in [5, 5.41) is 1.55. The Hall–Kier alpha value is -2.70. The van der Waals surface area contributed by atoms with Crippen LogP contribution >= 0.6 is 0 Å². The number of sulfonamides is 1. The van der Waals surface area contributed by atoms with Crippen LogP contribution < -0.4 is 7.58 Å². The van der Waals surface area contributed by atoms with Crippen molar-refractivity contribution in [3.8, 4) is 11.5 Å². The van der Waals surface area contributed by atoms with Crippen LogP contribution in [0.1, 0.15) is 19.3 Å². The molecule has 0 saturated carbocycles. The molecule has 3 heterocycles. The molecule has 1 aliphatic rings. The fourth-order valence-corrected chi connectivity index (χ4v) is 6.32. The van der Waals surface area contributed by atoms with Crippen LogP contribution in [0.15, 0.2) is 71.9 Å². The lowest BCUT2D eigenvalue weighted by molar-refractivity contribution is 0.347. The number of para-hydroxylation sites is 1. The number of pyridine rings is 2. The van der Waals surface area contributed by atoms with E-state index in [1.165, 1.54) is 0 Å². The quantitative estimate of drug-likeness (QED) is 0.404. The van der Waals surface area contributed by atoms with Gasteiger partial charge in [0.25, 0.3) is 0 Å². The minimum atomic E-state index is -3.59. The van der Waals surface area contributed by atoms with Crippen molar-refractivity contribution in [2.45, 2.75) is 24.2 Å². The van der Waals surface area contributed by atoms with Crippen molar-refractivity contribution in [3.63, 3.8) is 0 Å². The fourth-order valence-electron chi connectivity index (χ4n) is 3.98. The van der Waals surface area contributed by atoms with Gasteiger partial charge in [0.05, 0.1) is 4.90 Å². The van der Waals surface area contributed by atoms with Crippen molar-refractivity contribution in [1.82, 2.24) is 14.3 Å². The lowest BCUT2D eigenvalue weighted by Crippen LogP contribution is -2.35. The van der Waals surface area contributed by atoms with Crippen molar-refractivity contribution >= 4 is 47.7 Å². The normalized spacial score (nSPS) is 15.0. The van der Waals surface area contributed by atoms with Gasteiger partial charge in [-0.05, 0) is 49.2 Å². The SMILES string of the molecule is O=S(=O)(c1ccc([O][Al][O]c2cccc3cccnc23)c2ncccc12)N1CCCCC1. The number of hydrogen-bond donors (Lipinski definition) is 0. The van der Waals surface area contributed by atoms with Crippen molar-refractivity contribution in [3.05, 3.63) is 67.0 Å². The minimum Gasteiger partial charge on any atom is -0.614 e. The predicted octanol–water partition coefficient (Wildman–Crippen LogP) is 3.95. The summed E-state index contributed by atoms with van der Waals surface area (Å²) in [5.41, 5.74) is 1.29. The van der Waals surface area contributed by atoms with E-state index < -0.39 is 25.9 Å². The van der Waals surface area contributed by atoms with E-state index in [1.54, 1.807) is 41.0 Å². The van der Waals surface area contributed by atoms with E-state index in [-0.39, 0.29) is 4.90 Å². The molecule has 32 heavy (non-hydrogen) atoms. The standard InChI is InChI=1S/C14H16N2O3S.C9H7NO.Al/c17-12-6-7-13(11-5-4-8-15-14(11)12)20(18,19)16-9-2-1-3-10-16;11-8-5-1-3-7-4-2-6-10-9(7)8;/h4-8,17H,1-3,9-10H2;1-6,11H;/q;;+2/p-2. The van der Waals surface area contributed by atoms with Gasteiger partial charge in [-0.1, -0.05) is 24.6 Å². The Balaban J connectivity index is 1.41. The van der Waals surface area contributed by atoms with E-state index in [0.717, 1.165) is 30.2 Å². The lowest BCUT2D eigenvalue weighted by Gasteiger charge is -2.26. The lowest BCUT2D eigenvalue weighted by atomic mass is 10.2. The third-order valence-corrected chi connectivity index (χ3v) is 8.23. The molecule has 2 aromatic heterocycles. The van der Waals surface area contributed by atoms with Crippen LogP contribution in [-0.4, -0.2) is 51.7 Å². The van der Waals surface area contributed by atoms with Gasteiger partial charge in [0.1, 0.15) is 22.5 Å². The number of piperidine rings is 1. The molecule has 0 aliphatic carbocycles. The van der Waals surface area contributed by atoms with E-state index in [4.69, 9.17) is 7.58 Å². The Kier molecular flexibility index (Phi) is 5.98. The molecule has 0 spiro atoms. The van der Waals surface area contributed by atoms with Gasteiger partial charge in [0.15, 0.2) is 0 Å². The molecule has 0 N–H and O–H groups in total. The van der Waals surface area contributed by atoms with Gasteiger partial charge in [-0.15, -0.1) is 0 Å². The second-order valence-electron chi connectivity index (χ2n) is 7.59. The first-order chi connectivity index (χ1) is 15.6. The summed E-state index contributed by atoms with van der Waals surface area (Å²) in [4.78, 5) is 9.07. The third kappa shape index (κ3) is 4.05. The summed E-state index contributed by atoms with van der Waals surface area (Å²) in [6.45, 7) is 1.11. The molecule has 7 nitrogen and oxygen atoms in total. The monoisotopic (exact) mass is 462 g/mol. The number of nitrogens with zero attached hydrogens (tertiary/aromatic N) is 3. The maximum absolute atomic E-state index is 13.3. The van der Waals surface area contributed by atoms with Gasteiger partial charge in [0.2, 0.25) is 10.0 Å². The van der Waals surface area contributed by atoms with Gasteiger partial charge in [0, 0.05) is 36.3 Å². The highest BCUT2D eigenvalue weighted by Gasteiger charge is 2.28. The van der Waals surface area contributed by atoms with Gasteiger partial charge in [-0.2, -0.15) is 4.31 Å². The van der Waals surface area contributed by atoms with E-state index in [1.807, 2.05) is 30.3 Å². The zero-order valence-corrected chi connectivity index (χ0v) is 19.3. The van der Waals surface area contributed by atoms with E-state index >= 15 is 0 Å². The smallest absolute Gasteiger partial charge is 0.614 e. The molecule has 161 valence electrons. The Morgan fingerprint density at radius 2 is 1.47 bits per heavy atom. The zero-order valence-electron chi connectivity index (χ0n) is 17.3. The predicted molar refractivity (Wildman–Crippen MR) is 123 cm³/mol. The molecule has 0 unspecified atom stereocenters. The topological polar surface area (TPSA) is 81.6 Å². The van der Waals surface area contributed by atoms with E-state index in [2.05, 4.69) is 9.97 Å². The number of hydrogen-bond acceptors (Lipinski definition) is 6. The van der Waals surface area contributed by atoms with Crippen molar-refractivity contribution in [2.75, 3.05) is 13.1 Å². The Morgan fingerprint density at radius 1 is 0.781 bits per heavy atom. The van der Waals surface area contributed by atoms with Gasteiger partial charge in [-0.3, -0.25) is 9.97 Å². The molecule has 1 radical (unpaired) electrons. The number of aromatic nitrogens is 2. The summed E-state index contributed by atoms with van der Waals surface area (Å²) >= 11 is -0.903. The highest BCUT2D eigenvalue weighted by Crippen LogP contribution is 2.32. The van der Waals surface area contributed by atoms with E-state index in [0.29, 0.717) is 35.5 Å². The molecule has 2 aromatic carbocycles. The zero-order chi connectivity index (χ0) is 22.0. The van der Waals surface area contributed by atoms with Crippen LogP contribution in [0.4, 0.5) is 0 Å². The summed E-state index contributed by atoms with van der Waals surface area (Å²) in [7, 11) is -3.59. The fraction of sp³-hybridized carbons (Fsp3) is 0.217. The van der Waals surface area contributed by atoms with Gasteiger partial charge >= 0.3 is 15.9 Å². The maximum atomic E-state index is 13.3. The summed E-state index contributed by atoms with van der Waals surface area (Å²) in [6, 6.07) is 16.4. The number of benzene rings is 2. The summed E-state index contributed by atoms with van der Waals surface area (Å²) in [5.74, 6) is 1.15. The van der Waals surface area contributed by atoms with Crippen LogP contribution in [-0.2, 0) is 10.0 Å². The first-order valence-electron chi connectivity index (χ1n) is 10.5. The number of fused-ring (bicyclic) bond motifs is 2. The molecule has 9 heteroatoms. The van der Waals surface area contributed by atoms with Crippen molar-refractivity contribution in [1.29, 1.82) is 0 Å². The highest BCUT2D eigenvalue weighted by atomic mass is 32.2. The first kappa shape index (κ1) is 21.2. The molecular formula is C23H21AlN3O4S. The van der Waals surface area contributed by atoms with Crippen LogP contribution in [0, 0.1) is 0 Å². The van der Waals surface area contributed by atoms with Crippen LogP contribution in [0.25, 0.3) is 21.8 Å². The third-order valence-electron chi connectivity index (χ3n) is 5.57. The number of rotatable bonds is 6. The second kappa shape index (κ2) is 9.04. The average molecular weight is 462 g/mol. The summed E-state index contributed by atoms with van der Waals surface area (Å²) in [6.07, 6.45) is 6.21. The van der Waals surface area contributed by atoms with Crippen molar-refractivity contribution < 1.29 is 16.0 Å². The highest BCUT2D eigenvalue weighted by molar-refractivity contribution is 7.89.